The topological polar surface area (TPSA) is 23.6 Å². The van der Waals surface area contributed by atoms with Crippen molar-refractivity contribution in [3.05, 3.63) is 111 Å². The van der Waals surface area contributed by atoms with Gasteiger partial charge in [-0.15, -0.1) is 0 Å². The van der Waals surface area contributed by atoms with E-state index < -0.39 is 0 Å². The number of halogens is 2. The second-order valence-electron chi connectivity index (χ2n) is 10.1. The molecule has 0 saturated carbocycles. The molecule has 1 aliphatic heterocycles. The number of hydrogen-bond donors (Lipinski definition) is 0. The van der Waals surface area contributed by atoms with E-state index >= 15 is 0 Å². The zero-order chi connectivity index (χ0) is 25.1. The molecule has 186 valence electrons. The minimum Gasteiger partial charge on any atom is -0.341 e. The fraction of sp³-hybridized carbons (Fsp3) is 0.323. The van der Waals surface area contributed by atoms with Crippen LogP contribution < -0.4 is 0 Å². The molecule has 1 heterocycles. The lowest BCUT2D eigenvalue weighted by molar-refractivity contribution is -0.132. The van der Waals surface area contributed by atoms with Gasteiger partial charge in [0.2, 0.25) is 5.91 Å². The number of allylic oxidation sites excluding steroid dienone is 1. The number of benzene rings is 3. The van der Waals surface area contributed by atoms with Crippen LogP contribution in [0.15, 0.2) is 78.9 Å². The molecule has 1 unspecified atom stereocenters. The number of piperidine rings is 1. The van der Waals surface area contributed by atoms with Crippen molar-refractivity contribution in [1.29, 1.82) is 0 Å². The number of fused-ring (bicyclic) bond motifs is 2. The van der Waals surface area contributed by atoms with Crippen LogP contribution in [0.3, 0.4) is 0 Å². The second kappa shape index (κ2) is 10.8. The highest BCUT2D eigenvalue weighted by Crippen LogP contribution is 2.43. The molecule has 3 aromatic carbocycles. The summed E-state index contributed by atoms with van der Waals surface area (Å²) >= 11 is 12.5. The van der Waals surface area contributed by atoms with Crippen molar-refractivity contribution >= 4 is 35.2 Å². The lowest BCUT2D eigenvalue weighted by Crippen LogP contribution is -2.42. The highest BCUT2D eigenvalue weighted by atomic mass is 35.5. The number of likely N-dealkylation sites (N-methyl/N-ethyl adjacent to an activating group) is 1. The molecule has 1 aliphatic carbocycles. The highest BCUT2D eigenvalue weighted by molar-refractivity contribution is 6.42. The van der Waals surface area contributed by atoms with Crippen LogP contribution in [0.4, 0.5) is 0 Å². The molecule has 0 radical (unpaired) electrons. The Labute approximate surface area is 224 Å². The van der Waals surface area contributed by atoms with E-state index in [0.29, 0.717) is 16.6 Å². The van der Waals surface area contributed by atoms with Crippen LogP contribution in [0.5, 0.6) is 0 Å². The van der Waals surface area contributed by atoms with E-state index in [1.165, 1.54) is 11.1 Å². The third-order valence-corrected chi connectivity index (χ3v) is 8.58. The summed E-state index contributed by atoms with van der Waals surface area (Å²) in [7, 11) is 1.88. The molecule has 3 aromatic rings. The van der Waals surface area contributed by atoms with Crippen molar-refractivity contribution in [1.82, 2.24) is 9.80 Å². The molecule has 1 fully saturated rings. The van der Waals surface area contributed by atoms with Crippen LogP contribution in [0.1, 0.15) is 47.4 Å². The smallest absolute Gasteiger partial charge is 0.230 e. The molecule has 2 aliphatic rings. The van der Waals surface area contributed by atoms with Gasteiger partial charge in [-0.2, -0.15) is 0 Å². The molecule has 36 heavy (non-hydrogen) atoms. The van der Waals surface area contributed by atoms with Gasteiger partial charge in [-0.1, -0.05) is 96.0 Å². The highest BCUT2D eigenvalue weighted by Gasteiger charge is 2.38. The van der Waals surface area contributed by atoms with Gasteiger partial charge in [-0.25, -0.2) is 0 Å². The molecule has 1 amide bonds. The Bertz CT molecular complexity index is 1250. The van der Waals surface area contributed by atoms with E-state index in [4.69, 9.17) is 23.2 Å². The zero-order valence-electron chi connectivity index (χ0n) is 20.7. The van der Waals surface area contributed by atoms with E-state index in [9.17, 15) is 4.79 Å². The third kappa shape index (κ3) is 5.25. The van der Waals surface area contributed by atoms with Gasteiger partial charge < -0.3 is 9.80 Å². The fourth-order valence-electron chi connectivity index (χ4n) is 5.72. The van der Waals surface area contributed by atoms with Crippen molar-refractivity contribution in [3.63, 3.8) is 0 Å². The van der Waals surface area contributed by atoms with Crippen LogP contribution in [-0.4, -0.2) is 42.4 Å². The number of nitrogens with zero attached hydrogens (tertiary/aromatic N) is 2. The van der Waals surface area contributed by atoms with Crippen LogP contribution in [0, 0.1) is 0 Å². The summed E-state index contributed by atoms with van der Waals surface area (Å²) in [5.74, 6) is -0.158. The van der Waals surface area contributed by atoms with E-state index in [0.717, 1.165) is 50.0 Å². The van der Waals surface area contributed by atoms with E-state index in [1.54, 1.807) is 6.07 Å². The summed E-state index contributed by atoms with van der Waals surface area (Å²) in [5.41, 5.74) is 5.04. The van der Waals surface area contributed by atoms with Crippen LogP contribution >= 0.6 is 23.2 Å². The first-order valence-electron chi connectivity index (χ1n) is 12.7. The normalized spacial score (nSPS) is 17.2. The van der Waals surface area contributed by atoms with Gasteiger partial charge in [0.1, 0.15) is 0 Å². The van der Waals surface area contributed by atoms with E-state index in [1.807, 2.05) is 42.3 Å². The fourth-order valence-corrected chi connectivity index (χ4v) is 6.03. The minimum atomic E-state index is -0.267. The summed E-state index contributed by atoms with van der Waals surface area (Å²) in [6, 6.07) is 24.5. The van der Waals surface area contributed by atoms with Crippen LogP contribution in [0.25, 0.3) is 6.08 Å². The Hall–Kier alpha value is -2.59. The Morgan fingerprint density at radius 1 is 0.972 bits per heavy atom. The quantitative estimate of drug-likeness (QED) is 0.330. The molecule has 1 atom stereocenters. The molecule has 0 N–H and O–H groups in total. The Morgan fingerprint density at radius 2 is 1.69 bits per heavy atom. The maximum absolute atomic E-state index is 13.7. The summed E-state index contributed by atoms with van der Waals surface area (Å²) in [6.45, 7) is 3.51. The van der Waals surface area contributed by atoms with Crippen molar-refractivity contribution in [2.75, 3.05) is 26.7 Å². The predicted molar refractivity (Wildman–Crippen MR) is 150 cm³/mol. The Kier molecular flexibility index (Phi) is 7.52. The molecular weight excluding hydrogens is 487 g/mol. The van der Waals surface area contributed by atoms with Crippen molar-refractivity contribution in [2.45, 2.75) is 37.1 Å². The van der Waals surface area contributed by atoms with Gasteiger partial charge in [0.25, 0.3) is 0 Å². The van der Waals surface area contributed by atoms with Gasteiger partial charge in [-0.05, 0) is 73.3 Å². The summed E-state index contributed by atoms with van der Waals surface area (Å²) in [4.78, 5) is 18.0. The monoisotopic (exact) mass is 518 g/mol. The predicted octanol–water partition coefficient (Wildman–Crippen LogP) is 7.19. The van der Waals surface area contributed by atoms with E-state index in [-0.39, 0.29) is 17.2 Å². The van der Waals surface area contributed by atoms with Gasteiger partial charge in [-0.3, -0.25) is 4.79 Å². The minimum absolute atomic E-state index is 0.110. The lowest BCUT2D eigenvalue weighted by Gasteiger charge is -2.39. The number of rotatable bonds is 7. The van der Waals surface area contributed by atoms with Crippen molar-refractivity contribution in [2.24, 2.45) is 0 Å². The van der Waals surface area contributed by atoms with Gasteiger partial charge in [0.15, 0.2) is 0 Å². The molecule has 5 rings (SSSR count). The van der Waals surface area contributed by atoms with Gasteiger partial charge in [0.05, 0.1) is 16.0 Å². The van der Waals surface area contributed by atoms with Gasteiger partial charge in [0, 0.05) is 19.0 Å². The number of hydrogen-bond acceptors (Lipinski definition) is 2. The Morgan fingerprint density at radius 3 is 2.44 bits per heavy atom. The number of amides is 1. The average molecular weight is 520 g/mol. The third-order valence-electron chi connectivity index (χ3n) is 7.84. The SMILES string of the molecule is CN(Cc1ccccc1)C(=O)C(CCN1CCC2(C=Cc3ccccc32)CC1)c1ccc(Cl)c(Cl)c1. The molecule has 5 heteroatoms. The molecule has 1 saturated heterocycles. The molecule has 0 bridgehead atoms. The zero-order valence-corrected chi connectivity index (χ0v) is 22.2. The van der Waals surface area contributed by atoms with Crippen molar-refractivity contribution < 1.29 is 4.79 Å². The summed E-state index contributed by atoms with van der Waals surface area (Å²) in [5, 5.41) is 1.000. The van der Waals surface area contributed by atoms with E-state index in [2.05, 4.69) is 53.5 Å². The second-order valence-corrected chi connectivity index (χ2v) is 10.9. The van der Waals surface area contributed by atoms with Crippen LogP contribution in [-0.2, 0) is 16.8 Å². The van der Waals surface area contributed by atoms with Crippen LogP contribution in [0.2, 0.25) is 10.0 Å². The largest absolute Gasteiger partial charge is 0.341 e. The average Bonchev–Trinajstić information content (AvgIpc) is 3.26. The first-order valence-corrected chi connectivity index (χ1v) is 13.5. The van der Waals surface area contributed by atoms with Crippen molar-refractivity contribution in [3.8, 4) is 0 Å². The molecule has 0 aromatic heterocycles. The molecular formula is C31H32Cl2N2O. The first kappa shape index (κ1) is 25.1. The number of carbonyl (C=O) groups is 1. The maximum Gasteiger partial charge on any atom is 0.230 e. The molecule has 3 nitrogen and oxygen atoms in total. The molecule has 1 spiro atoms. The summed E-state index contributed by atoms with van der Waals surface area (Å²) in [6.07, 6.45) is 7.66. The lowest BCUT2D eigenvalue weighted by atomic mass is 9.74. The first-order chi connectivity index (χ1) is 17.4. The number of likely N-dealkylation sites (tertiary alicyclic amines) is 1. The number of carbonyl (C=O) groups excluding carboxylic acids is 1. The maximum atomic E-state index is 13.7. The standard InChI is InChI=1S/C31H32Cl2N2O/c1-34(22-23-7-3-2-4-8-23)30(36)26(25-11-12-28(32)29(33)21-25)14-18-35-19-16-31(17-20-35)15-13-24-9-5-6-10-27(24)31/h2-13,15,21,26H,14,16-20,22H2,1H3. The van der Waals surface area contributed by atoms with Gasteiger partial charge >= 0.3 is 0 Å². The Balaban J connectivity index is 1.27. The summed E-state index contributed by atoms with van der Waals surface area (Å²) < 4.78 is 0.